The molecule has 12 heavy (non-hydrogen) atoms. The predicted molar refractivity (Wildman–Crippen MR) is 34.1 cm³/mol. The summed E-state index contributed by atoms with van der Waals surface area (Å²) in [6.07, 6.45) is 0.989. The molecule has 0 unspecified atom stereocenters. The fourth-order valence-electron chi connectivity index (χ4n) is 0.804. The summed E-state index contributed by atoms with van der Waals surface area (Å²) < 4.78 is 4.63. The Morgan fingerprint density at radius 1 is 1.42 bits per heavy atom. The zero-order valence-electron chi connectivity index (χ0n) is 5.89. The lowest BCUT2D eigenvalue weighted by atomic mass is 10.4. The smallest absolute Gasteiger partial charge is 0.346 e. The molecule has 0 saturated heterocycles. The number of nitrogens with zero attached hydrogens (tertiary/aromatic N) is 2. The molecular weight excluding hydrogens is 164 g/mol. The van der Waals surface area contributed by atoms with Crippen LogP contribution in [0.5, 0.6) is 5.88 Å². The standard InChI is InChI=1S/C6H4N2O4/c9-5-3-6(10)12-8-2-1-4(7-8)11-5/h1-2H,3H2. The maximum absolute atomic E-state index is 10.8. The van der Waals surface area contributed by atoms with Gasteiger partial charge < -0.3 is 9.57 Å². The van der Waals surface area contributed by atoms with Gasteiger partial charge in [0.2, 0.25) is 5.88 Å². The predicted octanol–water partition coefficient (Wildman–Crippen LogP) is -0.853. The summed E-state index contributed by atoms with van der Waals surface area (Å²) in [7, 11) is 0. The molecule has 0 spiro atoms. The van der Waals surface area contributed by atoms with Crippen LogP contribution < -0.4 is 9.57 Å². The fourth-order valence-corrected chi connectivity index (χ4v) is 0.804. The summed E-state index contributed by atoms with van der Waals surface area (Å²) in [5.41, 5.74) is 0. The van der Waals surface area contributed by atoms with Gasteiger partial charge in [-0.3, -0.25) is 4.79 Å². The second kappa shape index (κ2) is 2.33. The van der Waals surface area contributed by atoms with Gasteiger partial charge in [-0.15, -0.1) is 0 Å². The van der Waals surface area contributed by atoms with Crippen LogP contribution >= 0.6 is 0 Å². The third-order valence-corrected chi connectivity index (χ3v) is 1.24. The van der Waals surface area contributed by atoms with Crippen molar-refractivity contribution in [1.82, 2.24) is 9.94 Å². The summed E-state index contributed by atoms with van der Waals surface area (Å²) in [6.45, 7) is 0. The Bertz CT molecular complexity index is 313. The van der Waals surface area contributed by atoms with E-state index in [2.05, 4.69) is 14.7 Å². The first kappa shape index (κ1) is 6.84. The Morgan fingerprint density at radius 3 is 3.08 bits per heavy atom. The maximum atomic E-state index is 10.8. The molecular formula is C6H4N2O4. The van der Waals surface area contributed by atoms with E-state index in [1.54, 1.807) is 0 Å². The topological polar surface area (TPSA) is 70.4 Å². The van der Waals surface area contributed by atoms with Gasteiger partial charge in [0.15, 0.2) is 0 Å². The van der Waals surface area contributed by atoms with Gasteiger partial charge in [-0.25, -0.2) is 4.79 Å². The first-order valence-corrected chi connectivity index (χ1v) is 3.21. The van der Waals surface area contributed by atoms with E-state index in [0.717, 1.165) is 4.85 Å². The summed E-state index contributed by atoms with van der Waals surface area (Å²) in [5.74, 6) is -1.22. The molecule has 1 aliphatic heterocycles. The normalized spacial score (nSPS) is 16.0. The molecule has 6 nitrogen and oxygen atoms in total. The van der Waals surface area contributed by atoms with E-state index in [9.17, 15) is 9.59 Å². The summed E-state index contributed by atoms with van der Waals surface area (Å²) in [6, 6.07) is 1.43. The number of rotatable bonds is 0. The van der Waals surface area contributed by atoms with E-state index in [-0.39, 0.29) is 5.88 Å². The molecule has 1 aromatic heterocycles. The van der Waals surface area contributed by atoms with Gasteiger partial charge in [0.05, 0.1) is 6.20 Å². The molecule has 0 aromatic carbocycles. The Hall–Kier alpha value is -1.85. The maximum Gasteiger partial charge on any atom is 0.346 e. The number of fused-ring (bicyclic) bond motifs is 2. The van der Waals surface area contributed by atoms with Crippen LogP contribution in [0.15, 0.2) is 12.3 Å². The zero-order chi connectivity index (χ0) is 8.55. The first-order chi connectivity index (χ1) is 5.74. The lowest BCUT2D eigenvalue weighted by molar-refractivity contribution is -0.153. The van der Waals surface area contributed by atoms with Crippen molar-refractivity contribution in [3.05, 3.63) is 12.3 Å². The summed E-state index contributed by atoms with van der Waals surface area (Å²) in [4.78, 5) is 27.1. The molecule has 2 rings (SSSR count). The van der Waals surface area contributed by atoms with Gasteiger partial charge in [-0.05, 0) is 0 Å². The molecule has 0 N–H and O–H groups in total. The Balaban J connectivity index is 2.36. The van der Waals surface area contributed by atoms with Crippen molar-refractivity contribution in [1.29, 1.82) is 0 Å². The Morgan fingerprint density at radius 2 is 2.25 bits per heavy atom. The van der Waals surface area contributed by atoms with Crippen LogP contribution in [0.1, 0.15) is 6.42 Å². The molecule has 2 bridgehead atoms. The third-order valence-electron chi connectivity index (χ3n) is 1.24. The van der Waals surface area contributed by atoms with E-state index in [4.69, 9.17) is 0 Å². The van der Waals surface area contributed by atoms with E-state index in [1.807, 2.05) is 0 Å². The van der Waals surface area contributed by atoms with Crippen LogP contribution in [0.25, 0.3) is 0 Å². The molecule has 6 heteroatoms. The highest BCUT2D eigenvalue weighted by Gasteiger charge is 2.18. The number of carbonyl (C=O) groups is 2. The molecule has 0 saturated carbocycles. The molecule has 0 radical (unpaired) electrons. The molecule has 0 fully saturated rings. The monoisotopic (exact) mass is 168 g/mol. The number of esters is 1. The van der Waals surface area contributed by atoms with Gasteiger partial charge in [-0.2, -0.15) is 0 Å². The van der Waals surface area contributed by atoms with Crippen molar-refractivity contribution in [2.45, 2.75) is 6.42 Å². The summed E-state index contributed by atoms with van der Waals surface area (Å²) in [5, 5.41) is 3.60. The molecule has 0 aliphatic carbocycles. The highest BCUT2D eigenvalue weighted by atomic mass is 16.7. The van der Waals surface area contributed by atoms with Gasteiger partial charge in [-0.1, -0.05) is 9.94 Å². The quantitative estimate of drug-likeness (QED) is 0.372. The Kier molecular flexibility index (Phi) is 1.33. The second-order valence-electron chi connectivity index (χ2n) is 2.17. The van der Waals surface area contributed by atoms with Crippen molar-refractivity contribution in [3.63, 3.8) is 0 Å². The number of hydrogen-bond donors (Lipinski definition) is 0. The van der Waals surface area contributed by atoms with Crippen molar-refractivity contribution >= 4 is 11.9 Å². The van der Waals surface area contributed by atoms with Gasteiger partial charge in [0.1, 0.15) is 6.42 Å². The van der Waals surface area contributed by atoms with Crippen molar-refractivity contribution in [3.8, 4) is 5.88 Å². The minimum absolute atomic E-state index is 0.132. The van der Waals surface area contributed by atoms with Crippen molar-refractivity contribution in [2.75, 3.05) is 0 Å². The van der Waals surface area contributed by atoms with Gasteiger partial charge in [0.25, 0.3) is 0 Å². The number of ether oxygens (including phenoxy) is 1. The largest absolute Gasteiger partial charge is 0.405 e. The lowest BCUT2D eigenvalue weighted by Crippen LogP contribution is -2.26. The average molecular weight is 168 g/mol. The number of hydrogen-bond acceptors (Lipinski definition) is 5. The first-order valence-electron chi connectivity index (χ1n) is 3.21. The van der Waals surface area contributed by atoms with Crippen LogP contribution in [-0.2, 0) is 9.59 Å². The van der Waals surface area contributed by atoms with E-state index in [0.29, 0.717) is 0 Å². The van der Waals surface area contributed by atoms with Gasteiger partial charge >= 0.3 is 11.9 Å². The highest BCUT2D eigenvalue weighted by Crippen LogP contribution is 2.08. The Labute approximate surface area is 66.6 Å². The highest BCUT2D eigenvalue weighted by molar-refractivity contribution is 5.92. The van der Waals surface area contributed by atoms with Crippen LogP contribution in [0.4, 0.5) is 0 Å². The average Bonchev–Trinajstić information content (AvgIpc) is 2.33. The minimum atomic E-state index is -0.686. The second-order valence-corrected chi connectivity index (χ2v) is 2.17. The SMILES string of the molecule is O=C1CC(=O)On2ccc(n2)O1. The number of aromatic nitrogens is 2. The van der Waals surface area contributed by atoms with Crippen LogP contribution in [0.3, 0.4) is 0 Å². The van der Waals surface area contributed by atoms with E-state index < -0.39 is 18.4 Å². The number of carbonyl (C=O) groups excluding carboxylic acids is 2. The molecule has 1 aliphatic rings. The fraction of sp³-hybridized carbons (Fsp3) is 0.167. The minimum Gasteiger partial charge on any atom is -0.405 e. The summed E-state index contributed by atoms with van der Waals surface area (Å²) >= 11 is 0. The van der Waals surface area contributed by atoms with E-state index >= 15 is 0 Å². The lowest BCUT2D eigenvalue weighted by Gasteiger charge is -2.04. The van der Waals surface area contributed by atoms with Crippen molar-refractivity contribution < 1.29 is 19.2 Å². The zero-order valence-corrected chi connectivity index (χ0v) is 5.89. The third kappa shape index (κ3) is 1.14. The molecule has 1 aromatic rings. The van der Waals surface area contributed by atoms with Crippen LogP contribution in [-0.4, -0.2) is 21.9 Å². The van der Waals surface area contributed by atoms with Crippen LogP contribution in [0.2, 0.25) is 0 Å². The molecule has 0 atom stereocenters. The van der Waals surface area contributed by atoms with Gasteiger partial charge in [0, 0.05) is 6.07 Å². The van der Waals surface area contributed by atoms with Crippen LogP contribution in [0, 0.1) is 0 Å². The molecule has 2 heterocycles. The molecule has 0 amide bonds. The van der Waals surface area contributed by atoms with E-state index in [1.165, 1.54) is 12.3 Å². The molecule has 62 valence electrons. The van der Waals surface area contributed by atoms with Crippen molar-refractivity contribution in [2.24, 2.45) is 0 Å².